The normalized spacial score (nSPS) is 13.0. The zero-order valence-electron chi connectivity index (χ0n) is 24.7. The Morgan fingerprint density at radius 3 is 2.32 bits per heavy atom. The highest BCUT2D eigenvalue weighted by molar-refractivity contribution is 6.05. The first kappa shape index (κ1) is 28.6. The molecule has 6 rings (SSSR count). The van der Waals surface area contributed by atoms with Gasteiger partial charge >= 0.3 is 0 Å². The molecule has 44 heavy (non-hydrogen) atoms. The van der Waals surface area contributed by atoms with E-state index in [2.05, 4.69) is 20.6 Å². The highest BCUT2D eigenvalue weighted by atomic mass is 16.2. The molecule has 0 unspecified atom stereocenters. The van der Waals surface area contributed by atoms with Crippen molar-refractivity contribution in [3.05, 3.63) is 119 Å². The van der Waals surface area contributed by atoms with Crippen LogP contribution in [-0.2, 0) is 7.05 Å². The second kappa shape index (κ2) is 12.4. The van der Waals surface area contributed by atoms with E-state index in [0.29, 0.717) is 28.2 Å². The molecule has 0 atom stereocenters. The Morgan fingerprint density at radius 1 is 0.886 bits per heavy atom. The van der Waals surface area contributed by atoms with Crippen LogP contribution in [0.3, 0.4) is 0 Å². The van der Waals surface area contributed by atoms with Crippen molar-refractivity contribution in [3.8, 4) is 16.9 Å². The van der Waals surface area contributed by atoms with E-state index >= 15 is 0 Å². The fourth-order valence-corrected chi connectivity index (χ4v) is 5.37. The Kier molecular flexibility index (Phi) is 8.05. The molecule has 1 aliphatic heterocycles. The third-order valence-corrected chi connectivity index (χ3v) is 7.90. The predicted octanol–water partition coefficient (Wildman–Crippen LogP) is 5.56. The number of benzene rings is 3. The van der Waals surface area contributed by atoms with E-state index < -0.39 is 0 Å². The number of hydrogen-bond acceptors (Lipinski definition) is 6. The van der Waals surface area contributed by atoms with Gasteiger partial charge in [-0.1, -0.05) is 12.1 Å². The van der Waals surface area contributed by atoms with Gasteiger partial charge in [0, 0.05) is 72.5 Å². The van der Waals surface area contributed by atoms with E-state index in [4.69, 9.17) is 0 Å². The van der Waals surface area contributed by atoms with E-state index in [-0.39, 0.29) is 23.2 Å². The van der Waals surface area contributed by atoms with Crippen molar-refractivity contribution in [2.24, 2.45) is 7.05 Å². The summed E-state index contributed by atoms with van der Waals surface area (Å²) >= 11 is 0. The molecule has 5 aromatic rings. The molecule has 2 amide bonds. The lowest BCUT2D eigenvalue weighted by atomic mass is 10.0. The highest BCUT2D eigenvalue weighted by Gasteiger charge is 2.19. The van der Waals surface area contributed by atoms with Gasteiger partial charge in [-0.05, 0) is 86.3 Å². The quantitative estimate of drug-likeness (QED) is 0.258. The maximum absolute atomic E-state index is 13.1. The number of amides is 2. The number of nitrogens with one attached hydrogen (secondary N) is 2. The molecule has 10 nitrogen and oxygen atoms in total. The van der Waals surface area contributed by atoms with Gasteiger partial charge in [0.05, 0.1) is 12.0 Å². The van der Waals surface area contributed by atoms with Crippen LogP contribution in [0.4, 0.5) is 17.2 Å². The molecule has 0 radical (unpaired) electrons. The minimum atomic E-state index is -0.288. The summed E-state index contributed by atoms with van der Waals surface area (Å²) in [6, 6.07) is 20.0. The standard InChI is InChI=1S/C34H33N7O3/c1-23-28(7-6-8-29(23)38-32(42)24-11-15-27(16-12-24)41-20-17-35-22-41)30-21-39(2)34(44)31(37-30)36-26-13-9-25(10-14-26)33(43)40-18-4-3-5-19-40/h6-17,20-22H,3-5,18-19H2,1-2H3,(H,36,37)(H,38,42). The number of imidazole rings is 1. The van der Waals surface area contributed by atoms with E-state index in [0.717, 1.165) is 49.2 Å². The van der Waals surface area contributed by atoms with Crippen LogP contribution in [0.1, 0.15) is 45.5 Å². The van der Waals surface area contributed by atoms with Crippen molar-refractivity contribution in [2.75, 3.05) is 23.7 Å². The maximum Gasteiger partial charge on any atom is 0.293 e. The average Bonchev–Trinajstić information content (AvgIpc) is 3.60. The van der Waals surface area contributed by atoms with Gasteiger partial charge in [-0.2, -0.15) is 0 Å². The van der Waals surface area contributed by atoms with Gasteiger partial charge in [0.1, 0.15) is 0 Å². The lowest BCUT2D eigenvalue weighted by Gasteiger charge is -2.26. The highest BCUT2D eigenvalue weighted by Crippen LogP contribution is 2.28. The molecule has 0 aliphatic carbocycles. The molecular weight excluding hydrogens is 554 g/mol. The van der Waals surface area contributed by atoms with E-state index in [1.807, 2.05) is 52.9 Å². The number of aromatic nitrogens is 4. The number of carbonyl (C=O) groups is 2. The molecule has 10 heteroatoms. The van der Waals surface area contributed by atoms with Crippen LogP contribution in [0, 0.1) is 6.92 Å². The maximum atomic E-state index is 13.1. The summed E-state index contributed by atoms with van der Waals surface area (Å²) in [5, 5.41) is 6.13. The molecule has 222 valence electrons. The van der Waals surface area contributed by atoms with Crippen LogP contribution < -0.4 is 16.2 Å². The van der Waals surface area contributed by atoms with Crippen LogP contribution >= 0.6 is 0 Å². The van der Waals surface area contributed by atoms with Gasteiger partial charge in [0.25, 0.3) is 17.4 Å². The summed E-state index contributed by atoms with van der Waals surface area (Å²) in [7, 11) is 1.67. The van der Waals surface area contributed by atoms with Crippen LogP contribution in [0.2, 0.25) is 0 Å². The Labute approximate surface area is 255 Å². The van der Waals surface area contributed by atoms with Gasteiger partial charge in [-0.15, -0.1) is 0 Å². The fraction of sp³-hybridized carbons (Fsp3) is 0.206. The predicted molar refractivity (Wildman–Crippen MR) is 171 cm³/mol. The molecule has 1 fully saturated rings. The number of rotatable bonds is 7. The Hall–Kier alpha value is -5.51. The summed E-state index contributed by atoms with van der Waals surface area (Å²) in [5.41, 5.74) is 5.22. The summed E-state index contributed by atoms with van der Waals surface area (Å²) in [4.78, 5) is 49.6. The van der Waals surface area contributed by atoms with E-state index in [1.165, 1.54) is 4.57 Å². The number of carbonyl (C=O) groups excluding carboxylic acids is 2. The van der Waals surface area contributed by atoms with Gasteiger partial charge < -0.3 is 24.7 Å². The summed E-state index contributed by atoms with van der Waals surface area (Å²) in [5.74, 6) is -0.0476. The van der Waals surface area contributed by atoms with Gasteiger partial charge in [-0.25, -0.2) is 9.97 Å². The van der Waals surface area contributed by atoms with Crippen LogP contribution in [-0.4, -0.2) is 48.9 Å². The third-order valence-electron chi connectivity index (χ3n) is 7.90. The molecule has 1 aliphatic rings. The lowest BCUT2D eigenvalue weighted by molar-refractivity contribution is 0.0724. The molecular formula is C34H33N7O3. The molecule has 2 aromatic heterocycles. The third kappa shape index (κ3) is 6.00. The van der Waals surface area contributed by atoms with Crippen molar-refractivity contribution >= 4 is 29.0 Å². The largest absolute Gasteiger partial charge is 0.339 e. The SMILES string of the molecule is Cc1c(NC(=O)c2ccc(-n3ccnc3)cc2)cccc1-c1cn(C)c(=O)c(Nc2ccc(C(=O)N3CCCCC3)cc2)n1. The van der Waals surface area contributed by atoms with Crippen molar-refractivity contribution < 1.29 is 9.59 Å². The molecule has 3 heterocycles. The van der Waals surface area contributed by atoms with Crippen molar-refractivity contribution in [2.45, 2.75) is 26.2 Å². The number of aryl methyl sites for hydroxylation is 1. The smallest absolute Gasteiger partial charge is 0.293 e. The lowest BCUT2D eigenvalue weighted by Crippen LogP contribution is -2.35. The molecule has 0 spiro atoms. The minimum absolute atomic E-state index is 0.0289. The number of likely N-dealkylation sites (tertiary alicyclic amines) is 1. The van der Waals surface area contributed by atoms with E-state index in [9.17, 15) is 14.4 Å². The van der Waals surface area contributed by atoms with Gasteiger partial charge in [0.15, 0.2) is 5.82 Å². The first-order valence-corrected chi connectivity index (χ1v) is 14.6. The van der Waals surface area contributed by atoms with Crippen LogP contribution in [0.25, 0.3) is 16.9 Å². The Bertz CT molecular complexity index is 1860. The molecule has 1 saturated heterocycles. The minimum Gasteiger partial charge on any atom is -0.339 e. The van der Waals surface area contributed by atoms with Crippen LogP contribution in [0.15, 0.2) is 96.4 Å². The van der Waals surface area contributed by atoms with Crippen molar-refractivity contribution in [3.63, 3.8) is 0 Å². The van der Waals surface area contributed by atoms with Crippen molar-refractivity contribution in [1.82, 2.24) is 24.0 Å². The summed E-state index contributed by atoms with van der Waals surface area (Å²) in [6.45, 7) is 3.48. The number of hydrogen-bond donors (Lipinski definition) is 2. The van der Waals surface area contributed by atoms with E-state index in [1.54, 1.807) is 62.2 Å². The molecule has 0 saturated carbocycles. The first-order chi connectivity index (χ1) is 21.4. The Balaban J connectivity index is 1.20. The number of piperidine rings is 1. The average molecular weight is 588 g/mol. The second-order valence-corrected chi connectivity index (χ2v) is 10.9. The van der Waals surface area contributed by atoms with Crippen LogP contribution in [0.5, 0.6) is 0 Å². The zero-order valence-corrected chi connectivity index (χ0v) is 24.7. The number of nitrogens with zero attached hydrogens (tertiary/aromatic N) is 5. The van der Waals surface area contributed by atoms with Gasteiger partial charge in [0.2, 0.25) is 0 Å². The topological polar surface area (TPSA) is 114 Å². The summed E-state index contributed by atoms with van der Waals surface area (Å²) in [6.07, 6.45) is 10.2. The number of anilines is 3. The Morgan fingerprint density at radius 2 is 1.61 bits per heavy atom. The van der Waals surface area contributed by atoms with Crippen molar-refractivity contribution in [1.29, 1.82) is 0 Å². The second-order valence-electron chi connectivity index (χ2n) is 10.9. The summed E-state index contributed by atoms with van der Waals surface area (Å²) < 4.78 is 3.34. The first-order valence-electron chi connectivity index (χ1n) is 14.6. The fourth-order valence-electron chi connectivity index (χ4n) is 5.37. The molecule has 3 aromatic carbocycles. The monoisotopic (exact) mass is 587 g/mol. The van der Waals surface area contributed by atoms with Gasteiger partial charge in [-0.3, -0.25) is 14.4 Å². The molecule has 2 N–H and O–H groups in total. The zero-order chi connectivity index (χ0) is 30.6. The molecule has 0 bridgehead atoms.